The highest BCUT2D eigenvalue weighted by Crippen LogP contribution is 2.28. The second-order valence-electron chi connectivity index (χ2n) is 7.25. The predicted octanol–water partition coefficient (Wildman–Crippen LogP) is 4.27. The lowest BCUT2D eigenvalue weighted by Crippen LogP contribution is -2.27. The third kappa shape index (κ3) is 6.18. The Morgan fingerprint density at radius 3 is 2.53 bits per heavy atom. The van der Waals surface area contributed by atoms with Crippen molar-refractivity contribution in [3.8, 4) is 17.1 Å². The van der Waals surface area contributed by atoms with Gasteiger partial charge < -0.3 is 10.1 Å². The van der Waals surface area contributed by atoms with Crippen LogP contribution in [0.4, 0.5) is 0 Å². The lowest BCUT2D eigenvalue weighted by Gasteiger charge is -2.11. The van der Waals surface area contributed by atoms with E-state index in [-0.39, 0.29) is 17.8 Å². The number of rotatable bonds is 10. The number of ether oxygens (including phenoxy) is 1. The van der Waals surface area contributed by atoms with Crippen LogP contribution in [0.1, 0.15) is 25.8 Å². The number of carbonyl (C=O) groups excluding carboxylic acids is 1. The van der Waals surface area contributed by atoms with Crippen LogP contribution < -0.4 is 5.32 Å². The molecule has 0 unspecified atom stereocenters. The Morgan fingerprint density at radius 1 is 1.10 bits per heavy atom. The van der Waals surface area contributed by atoms with Crippen molar-refractivity contribution in [1.29, 1.82) is 0 Å². The zero-order valence-corrected chi connectivity index (χ0v) is 18.5. The molecule has 0 bridgehead atoms. The van der Waals surface area contributed by atoms with Gasteiger partial charge in [0, 0.05) is 24.4 Å². The molecule has 0 spiro atoms. The van der Waals surface area contributed by atoms with Crippen LogP contribution in [0, 0.1) is 6.92 Å². The van der Waals surface area contributed by atoms with Crippen LogP contribution in [-0.2, 0) is 9.53 Å². The Labute approximate surface area is 182 Å². The third-order valence-corrected chi connectivity index (χ3v) is 5.31. The van der Waals surface area contributed by atoms with Gasteiger partial charge in [-0.05, 0) is 39.3 Å². The Bertz CT molecular complexity index is 940. The number of nitrogens with zero attached hydrogens (tertiary/aromatic N) is 3. The van der Waals surface area contributed by atoms with E-state index in [0.29, 0.717) is 18.3 Å². The Hall–Kier alpha value is -2.64. The lowest BCUT2D eigenvalue weighted by molar-refractivity contribution is -0.118. The molecule has 1 N–H and O–H groups in total. The van der Waals surface area contributed by atoms with Crippen LogP contribution in [0.2, 0.25) is 0 Å². The molecule has 0 aliphatic rings. The number of benzene rings is 2. The summed E-state index contributed by atoms with van der Waals surface area (Å²) in [7, 11) is 0. The Kier molecular flexibility index (Phi) is 8.04. The van der Waals surface area contributed by atoms with Crippen molar-refractivity contribution in [1.82, 2.24) is 20.1 Å². The van der Waals surface area contributed by atoms with Gasteiger partial charge in [0.1, 0.15) is 0 Å². The molecule has 3 aromatic rings. The van der Waals surface area contributed by atoms with Gasteiger partial charge in [-0.15, -0.1) is 10.2 Å². The first-order valence-corrected chi connectivity index (χ1v) is 11.1. The summed E-state index contributed by atoms with van der Waals surface area (Å²) >= 11 is 1.38. The third-order valence-electron chi connectivity index (χ3n) is 4.38. The molecular weight excluding hydrogens is 396 g/mol. The van der Waals surface area contributed by atoms with E-state index in [1.165, 1.54) is 17.3 Å². The zero-order valence-electron chi connectivity index (χ0n) is 17.7. The van der Waals surface area contributed by atoms with E-state index in [1.54, 1.807) is 0 Å². The molecule has 0 aliphatic heterocycles. The summed E-state index contributed by atoms with van der Waals surface area (Å²) in [6.07, 6.45) is 1.01. The molecule has 2 aromatic carbocycles. The fourth-order valence-electron chi connectivity index (χ4n) is 2.86. The molecule has 1 heterocycles. The van der Waals surface area contributed by atoms with E-state index in [0.717, 1.165) is 23.5 Å². The summed E-state index contributed by atoms with van der Waals surface area (Å²) in [6, 6.07) is 18.2. The molecule has 0 saturated carbocycles. The van der Waals surface area contributed by atoms with Gasteiger partial charge >= 0.3 is 0 Å². The van der Waals surface area contributed by atoms with Crippen molar-refractivity contribution in [2.45, 2.75) is 38.5 Å². The number of nitrogens with one attached hydrogen (secondary N) is 1. The molecule has 0 fully saturated rings. The van der Waals surface area contributed by atoms with Crippen LogP contribution in [0.5, 0.6) is 0 Å². The second-order valence-corrected chi connectivity index (χ2v) is 8.20. The van der Waals surface area contributed by atoms with Crippen molar-refractivity contribution in [2.75, 3.05) is 18.9 Å². The van der Waals surface area contributed by atoms with Gasteiger partial charge in [-0.2, -0.15) is 0 Å². The summed E-state index contributed by atoms with van der Waals surface area (Å²) < 4.78 is 7.50. The van der Waals surface area contributed by atoms with Crippen molar-refractivity contribution in [2.24, 2.45) is 0 Å². The minimum Gasteiger partial charge on any atom is -0.379 e. The zero-order chi connectivity index (χ0) is 21.3. The summed E-state index contributed by atoms with van der Waals surface area (Å²) in [5, 5.41) is 12.4. The number of aromatic nitrogens is 3. The van der Waals surface area contributed by atoms with Crippen LogP contribution in [0.15, 0.2) is 59.8 Å². The van der Waals surface area contributed by atoms with Gasteiger partial charge in [0.05, 0.1) is 11.9 Å². The second kappa shape index (κ2) is 10.9. The highest BCUT2D eigenvalue weighted by atomic mass is 32.2. The first-order chi connectivity index (χ1) is 14.5. The molecule has 7 heteroatoms. The largest absolute Gasteiger partial charge is 0.379 e. The molecule has 0 saturated heterocycles. The summed E-state index contributed by atoms with van der Waals surface area (Å²) in [4.78, 5) is 12.3. The quantitative estimate of drug-likeness (QED) is 0.389. The minimum absolute atomic E-state index is 0.0238. The van der Waals surface area contributed by atoms with Crippen molar-refractivity contribution >= 4 is 17.7 Å². The Balaban J connectivity index is 1.70. The van der Waals surface area contributed by atoms with Gasteiger partial charge in [0.15, 0.2) is 11.0 Å². The number of hydrogen-bond donors (Lipinski definition) is 1. The van der Waals surface area contributed by atoms with Crippen LogP contribution in [0.25, 0.3) is 17.1 Å². The maximum absolute atomic E-state index is 12.3. The molecule has 1 aromatic heterocycles. The van der Waals surface area contributed by atoms with Crippen molar-refractivity contribution in [3.05, 3.63) is 60.2 Å². The van der Waals surface area contributed by atoms with E-state index in [9.17, 15) is 4.79 Å². The smallest absolute Gasteiger partial charge is 0.230 e. The fourth-order valence-corrected chi connectivity index (χ4v) is 3.65. The highest BCUT2D eigenvalue weighted by Gasteiger charge is 2.17. The molecule has 0 aliphatic carbocycles. The van der Waals surface area contributed by atoms with Gasteiger partial charge in [-0.25, -0.2) is 0 Å². The average Bonchev–Trinajstić information content (AvgIpc) is 3.17. The molecule has 3 rings (SSSR count). The average molecular weight is 425 g/mol. The highest BCUT2D eigenvalue weighted by molar-refractivity contribution is 7.99. The Morgan fingerprint density at radius 2 is 1.83 bits per heavy atom. The SMILES string of the molecule is Cc1ccc(-n2c(SCC(=O)NCCCOC(C)C)nnc2-c2ccccc2)cc1. The summed E-state index contributed by atoms with van der Waals surface area (Å²) in [5.74, 6) is 1.02. The first-order valence-electron chi connectivity index (χ1n) is 10.1. The summed E-state index contributed by atoms with van der Waals surface area (Å²) in [5.41, 5.74) is 3.13. The lowest BCUT2D eigenvalue weighted by atomic mass is 10.2. The molecular formula is C23H28N4O2S. The number of amides is 1. The number of thioether (sulfide) groups is 1. The topological polar surface area (TPSA) is 69.0 Å². The predicted molar refractivity (Wildman–Crippen MR) is 121 cm³/mol. The molecule has 6 nitrogen and oxygen atoms in total. The van der Waals surface area contributed by atoms with Gasteiger partial charge in [-0.1, -0.05) is 59.8 Å². The molecule has 0 radical (unpaired) electrons. The fraction of sp³-hybridized carbons (Fsp3) is 0.348. The van der Waals surface area contributed by atoms with E-state index in [4.69, 9.17) is 4.74 Å². The molecule has 1 amide bonds. The monoisotopic (exact) mass is 424 g/mol. The molecule has 158 valence electrons. The summed E-state index contributed by atoms with van der Waals surface area (Å²) in [6.45, 7) is 7.31. The van der Waals surface area contributed by atoms with E-state index >= 15 is 0 Å². The number of carbonyl (C=O) groups is 1. The normalized spacial score (nSPS) is 11.1. The van der Waals surface area contributed by atoms with Gasteiger partial charge in [-0.3, -0.25) is 9.36 Å². The maximum Gasteiger partial charge on any atom is 0.230 e. The van der Waals surface area contributed by atoms with Crippen molar-refractivity contribution < 1.29 is 9.53 Å². The maximum atomic E-state index is 12.3. The molecule has 0 atom stereocenters. The minimum atomic E-state index is -0.0238. The van der Waals surface area contributed by atoms with Gasteiger partial charge in [0.2, 0.25) is 5.91 Å². The van der Waals surface area contributed by atoms with Crippen molar-refractivity contribution in [3.63, 3.8) is 0 Å². The van der Waals surface area contributed by atoms with E-state index in [1.807, 2.05) is 60.9 Å². The first kappa shape index (κ1) is 22.1. The van der Waals surface area contributed by atoms with E-state index < -0.39 is 0 Å². The van der Waals surface area contributed by atoms with E-state index in [2.05, 4.69) is 34.6 Å². The molecule has 30 heavy (non-hydrogen) atoms. The number of aryl methyl sites for hydroxylation is 1. The van der Waals surface area contributed by atoms with Gasteiger partial charge in [0.25, 0.3) is 0 Å². The van der Waals surface area contributed by atoms with Crippen LogP contribution in [-0.4, -0.2) is 45.7 Å². The van der Waals surface area contributed by atoms with Crippen LogP contribution >= 0.6 is 11.8 Å². The number of hydrogen-bond acceptors (Lipinski definition) is 5. The standard InChI is InChI=1S/C23H28N4O2S/c1-17(2)29-15-7-14-24-21(28)16-30-23-26-25-22(19-8-5-4-6-9-19)27(23)20-12-10-18(3)11-13-20/h4-6,8-13,17H,7,14-16H2,1-3H3,(H,24,28). The van der Waals surface area contributed by atoms with Crippen LogP contribution in [0.3, 0.4) is 0 Å².